The van der Waals surface area contributed by atoms with Gasteiger partial charge in [0, 0.05) is 12.8 Å². The van der Waals surface area contributed by atoms with E-state index in [9.17, 15) is 0 Å². The number of hydrogen-bond donors (Lipinski definition) is 0. The Kier molecular flexibility index (Phi) is 5.83. The summed E-state index contributed by atoms with van der Waals surface area (Å²) in [5.41, 5.74) is 0. The van der Waals surface area contributed by atoms with E-state index in [-0.39, 0.29) is 11.5 Å². The Balaban J connectivity index is 2.32. The van der Waals surface area contributed by atoms with Gasteiger partial charge in [0.15, 0.2) is 5.25 Å². The molecule has 0 amide bonds. The average molecular weight is 205 g/mol. The van der Waals surface area contributed by atoms with Gasteiger partial charge in [0.05, 0.1) is 0 Å². The Morgan fingerprint density at radius 3 is 2.00 bits per heavy atom. The van der Waals surface area contributed by atoms with E-state index in [0.29, 0.717) is 5.25 Å². The van der Waals surface area contributed by atoms with E-state index in [1.165, 1.54) is 32.1 Å². The second-order valence-electron chi connectivity index (χ2n) is 3.33. The Hall–Kier alpha value is 0.270. The van der Waals surface area contributed by atoms with Crippen LogP contribution >= 0.6 is 0 Å². The van der Waals surface area contributed by atoms with Crippen LogP contribution in [0.1, 0.15) is 46.0 Å². The molecule has 0 unspecified atom stereocenters. The van der Waals surface area contributed by atoms with Gasteiger partial charge >= 0.3 is 11.5 Å². The maximum atomic E-state index is 5.63. The third kappa shape index (κ3) is 3.88. The maximum absolute atomic E-state index is 5.63. The quantitative estimate of drug-likeness (QED) is 0.643. The Morgan fingerprint density at radius 1 is 1.00 bits per heavy atom. The topological polar surface area (TPSA) is 18.5 Å². The van der Waals surface area contributed by atoms with Crippen molar-refractivity contribution in [3.63, 3.8) is 0 Å². The van der Waals surface area contributed by atoms with Crippen molar-refractivity contribution in [3.05, 3.63) is 0 Å². The molecule has 0 aliphatic heterocycles. The van der Waals surface area contributed by atoms with E-state index in [4.69, 9.17) is 8.37 Å². The molecule has 1 aliphatic carbocycles. The molecular weight excluding hydrogens is 184 g/mol. The Morgan fingerprint density at radius 2 is 1.54 bits per heavy atom. The van der Waals surface area contributed by atoms with Gasteiger partial charge in [0.2, 0.25) is 0 Å². The van der Waals surface area contributed by atoms with Gasteiger partial charge in [0.1, 0.15) is 13.2 Å². The largest absolute Gasteiger partial charge is 0.318 e. The minimum atomic E-state index is -0.211. The van der Waals surface area contributed by atoms with Crippen LogP contribution in [-0.2, 0) is 19.8 Å². The summed E-state index contributed by atoms with van der Waals surface area (Å²) < 4.78 is 11.3. The van der Waals surface area contributed by atoms with E-state index >= 15 is 0 Å². The van der Waals surface area contributed by atoms with Crippen molar-refractivity contribution in [2.45, 2.75) is 51.2 Å². The van der Waals surface area contributed by atoms with Gasteiger partial charge in [-0.1, -0.05) is 6.42 Å². The summed E-state index contributed by atoms with van der Waals surface area (Å²) in [6.45, 7) is 5.64. The fraction of sp³-hybridized carbons (Fsp3) is 1.00. The molecule has 13 heavy (non-hydrogen) atoms. The van der Waals surface area contributed by atoms with E-state index < -0.39 is 0 Å². The smallest absolute Gasteiger partial charge is 0.141 e. The summed E-state index contributed by atoms with van der Waals surface area (Å²) in [4.78, 5) is 0. The molecule has 0 atom stereocenters. The molecule has 78 valence electrons. The highest BCUT2D eigenvalue weighted by molar-refractivity contribution is 7.88. The third-order valence-electron chi connectivity index (χ3n) is 2.29. The summed E-state index contributed by atoms with van der Waals surface area (Å²) in [5, 5.41) is 0.675. The summed E-state index contributed by atoms with van der Waals surface area (Å²) in [5.74, 6) is 0. The molecule has 0 saturated heterocycles. The van der Waals surface area contributed by atoms with Crippen LogP contribution in [0.5, 0.6) is 0 Å². The lowest BCUT2D eigenvalue weighted by Crippen LogP contribution is -2.28. The molecule has 1 saturated carbocycles. The zero-order valence-electron chi connectivity index (χ0n) is 8.75. The van der Waals surface area contributed by atoms with Gasteiger partial charge in [-0.15, -0.1) is 8.37 Å². The van der Waals surface area contributed by atoms with Crippen LogP contribution in [0.2, 0.25) is 0 Å². The lowest BCUT2D eigenvalue weighted by molar-refractivity contribution is 0.272. The molecule has 0 aromatic carbocycles. The highest BCUT2D eigenvalue weighted by Crippen LogP contribution is 2.26. The first-order valence-corrected chi connectivity index (χ1v) is 6.52. The summed E-state index contributed by atoms with van der Waals surface area (Å²) in [6, 6.07) is 0. The van der Waals surface area contributed by atoms with Gasteiger partial charge in [0.25, 0.3) is 0 Å². The number of hydrogen-bond acceptors (Lipinski definition) is 2. The van der Waals surface area contributed by atoms with Crippen LogP contribution in [0.3, 0.4) is 0 Å². The molecule has 3 heteroatoms. The van der Waals surface area contributed by atoms with Gasteiger partial charge in [-0.2, -0.15) is 0 Å². The Bertz CT molecular complexity index is 118. The van der Waals surface area contributed by atoms with Crippen LogP contribution in [0.15, 0.2) is 0 Å². The van der Waals surface area contributed by atoms with E-state index in [1.807, 2.05) is 13.8 Å². The summed E-state index contributed by atoms with van der Waals surface area (Å²) >= 11 is -0.211. The molecule has 0 radical (unpaired) electrons. The first-order chi connectivity index (χ1) is 6.38. The lowest BCUT2D eigenvalue weighted by Gasteiger charge is -2.18. The maximum Gasteiger partial charge on any atom is 0.318 e. The lowest BCUT2D eigenvalue weighted by atomic mass is 10.0. The first-order valence-electron chi connectivity index (χ1n) is 5.38. The first kappa shape index (κ1) is 11.3. The third-order valence-corrected chi connectivity index (χ3v) is 4.24. The molecule has 0 aromatic rings. The normalized spacial score (nSPS) is 19.6. The average Bonchev–Trinajstić information content (AvgIpc) is 2.19. The SMILES string of the molecule is CCO[S+](OCC)C1CCCCC1. The molecule has 0 aromatic heterocycles. The van der Waals surface area contributed by atoms with E-state index in [1.54, 1.807) is 0 Å². The van der Waals surface area contributed by atoms with Crippen LogP contribution in [0, 0.1) is 0 Å². The fourth-order valence-corrected chi connectivity index (χ4v) is 3.35. The van der Waals surface area contributed by atoms with Crippen molar-refractivity contribution in [1.82, 2.24) is 0 Å². The zero-order valence-corrected chi connectivity index (χ0v) is 9.57. The van der Waals surface area contributed by atoms with Crippen LogP contribution in [-0.4, -0.2) is 18.5 Å². The predicted molar refractivity (Wildman–Crippen MR) is 57.5 cm³/mol. The minimum Gasteiger partial charge on any atom is -0.141 e. The Labute approximate surface area is 84.8 Å². The fourth-order valence-electron chi connectivity index (χ4n) is 1.72. The minimum absolute atomic E-state index is 0.211. The highest BCUT2D eigenvalue weighted by atomic mass is 32.2. The van der Waals surface area contributed by atoms with E-state index in [2.05, 4.69) is 0 Å². The summed E-state index contributed by atoms with van der Waals surface area (Å²) in [6.07, 6.45) is 6.70. The molecule has 0 N–H and O–H groups in total. The molecule has 2 nitrogen and oxygen atoms in total. The van der Waals surface area contributed by atoms with Crippen molar-refractivity contribution in [2.75, 3.05) is 13.2 Å². The second kappa shape index (κ2) is 6.68. The zero-order chi connectivity index (χ0) is 9.52. The van der Waals surface area contributed by atoms with E-state index in [0.717, 1.165) is 13.2 Å². The van der Waals surface area contributed by atoms with Crippen LogP contribution in [0.25, 0.3) is 0 Å². The summed E-state index contributed by atoms with van der Waals surface area (Å²) in [7, 11) is 0. The second-order valence-corrected chi connectivity index (χ2v) is 4.99. The molecule has 1 fully saturated rings. The highest BCUT2D eigenvalue weighted by Gasteiger charge is 2.36. The van der Waals surface area contributed by atoms with Crippen molar-refractivity contribution < 1.29 is 8.37 Å². The molecule has 1 aliphatic rings. The van der Waals surface area contributed by atoms with Gasteiger partial charge in [-0.25, -0.2) is 0 Å². The van der Waals surface area contributed by atoms with Crippen molar-refractivity contribution in [3.8, 4) is 0 Å². The monoisotopic (exact) mass is 205 g/mol. The number of rotatable bonds is 5. The molecule has 0 heterocycles. The van der Waals surface area contributed by atoms with Gasteiger partial charge in [-0.05, 0) is 26.7 Å². The molecular formula is C10H21O2S+. The molecule has 1 rings (SSSR count). The van der Waals surface area contributed by atoms with Gasteiger partial charge in [-0.3, -0.25) is 0 Å². The predicted octanol–water partition coefficient (Wildman–Crippen LogP) is 2.84. The van der Waals surface area contributed by atoms with Crippen molar-refractivity contribution >= 4 is 11.5 Å². The molecule has 0 spiro atoms. The van der Waals surface area contributed by atoms with Crippen molar-refractivity contribution in [2.24, 2.45) is 0 Å². The van der Waals surface area contributed by atoms with Gasteiger partial charge < -0.3 is 0 Å². The molecule has 0 bridgehead atoms. The van der Waals surface area contributed by atoms with Crippen molar-refractivity contribution in [1.29, 1.82) is 0 Å². The van der Waals surface area contributed by atoms with Crippen LogP contribution < -0.4 is 0 Å². The standard InChI is InChI=1S/C10H21O2S/c1-3-11-13(12-4-2)10-8-6-5-7-9-10/h10H,3-9H2,1-2H3/q+1. The van der Waals surface area contributed by atoms with Crippen LogP contribution in [0.4, 0.5) is 0 Å².